The summed E-state index contributed by atoms with van der Waals surface area (Å²) in [5.41, 5.74) is 7.71. The molecular weight excluding hydrogens is 474 g/mol. The van der Waals surface area contributed by atoms with Gasteiger partial charge in [-0.1, -0.05) is 30.3 Å². The van der Waals surface area contributed by atoms with Crippen molar-refractivity contribution in [1.82, 2.24) is 10.3 Å². The Bertz CT molecular complexity index is 1380. The summed E-state index contributed by atoms with van der Waals surface area (Å²) in [5.74, 6) is 0.868. The van der Waals surface area contributed by atoms with Crippen LogP contribution in [0.25, 0.3) is 10.9 Å². The van der Waals surface area contributed by atoms with Crippen LogP contribution in [0, 0.1) is 0 Å². The molecule has 0 saturated carbocycles. The number of carboxylic acids is 1. The van der Waals surface area contributed by atoms with Crippen LogP contribution in [0.1, 0.15) is 22.3 Å². The molecule has 1 heterocycles. The highest BCUT2D eigenvalue weighted by Gasteiger charge is 2.15. The fraction of sp³-hybridized carbons (Fsp3) is 0.179. The summed E-state index contributed by atoms with van der Waals surface area (Å²) in [6.07, 6.45) is 1.78. The van der Waals surface area contributed by atoms with E-state index in [1.807, 2.05) is 42.5 Å². The first-order valence-electron chi connectivity index (χ1n) is 11.6. The Hall–Kier alpha value is -4.63. The van der Waals surface area contributed by atoms with Crippen LogP contribution < -0.4 is 25.3 Å². The first-order valence-corrected chi connectivity index (χ1v) is 11.6. The van der Waals surface area contributed by atoms with Crippen molar-refractivity contribution in [3.63, 3.8) is 0 Å². The molecule has 0 radical (unpaired) electrons. The topological polar surface area (TPSA) is 133 Å². The van der Waals surface area contributed by atoms with Gasteiger partial charge in [0.25, 0.3) is 5.91 Å². The summed E-state index contributed by atoms with van der Waals surface area (Å²) in [6, 6.07) is 20.7. The molecule has 3 aromatic carbocycles. The molecule has 0 fully saturated rings. The van der Waals surface area contributed by atoms with Crippen molar-refractivity contribution in [3.05, 3.63) is 90.1 Å². The lowest BCUT2D eigenvalue weighted by molar-refractivity contribution is -0.138. The number of nitrogens with two attached hydrogens (primary N) is 1. The highest BCUT2D eigenvalue weighted by molar-refractivity contribution is 5.94. The van der Waals surface area contributed by atoms with Gasteiger partial charge in [0.1, 0.15) is 17.5 Å². The van der Waals surface area contributed by atoms with Gasteiger partial charge in [-0.05, 0) is 42.0 Å². The number of rotatable bonds is 11. The minimum absolute atomic E-state index is 0.115. The van der Waals surface area contributed by atoms with E-state index in [4.69, 9.17) is 25.1 Å². The lowest BCUT2D eigenvalue weighted by Gasteiger charge is -2.15. The van der Waals surface area contributed by atoms with E-state index in [1.165, 1.54) is 7.11 Å². The Morgan fingerprint density at radius 3 is 2.46 bits per heavy atom. The summed E-state index contributed by atoms with van der Waals surface area (Å²) in [6.45, 7) is 0.507. The van der Waals surface area contributed by atoms with Gasteiger partial charge >= 0.3 is 5.97 Å². The van der Waals surface area contributed by atoms with E-state index >= 15 is 0 Å². The van der Waals surface area contributed by atoms with Crippen LogP contribution in [-0.2, 0) is 11.3 Å². The highest BCUT2D eigenvalue weighted by Crippen LogP contribution is 2.37. The Morgan fingerprint density at radius 2 is 1.76 bits per heavy atom. The molecule has 0 bridgehead atoms. The van der Waals surface area contributed by atoms with Crippen LogP contribution in [-0.4, -0.2) is 41.7 Å². The van der Waals surface area contributed by atoms with Gasteiger partial charge in [-0.15, -0.1) is 0 Å². The maximum Gasteiger partial charge on any atom is 0.320 e. The number of nitrogens with one attached hydrogen (secondary N) is 1. The third-order valence-corrected chi connectivity index (χ3v) is 5.63. The monoisotopic (exact) mass is 501 g/mol. The molecule has 1 atom stereocenters. The molecule has 1 aromatic heterocycles. The fourth-order valence-corrected chi connectivity index (χ4v) is 3.59. The first kappa shape index (κ1) is 25.5. The van der Waals surface area contributed by atoms with Crippen molar-refractivity contribution in [1.29, 1.82) is 0 Å². The number of aliphatic carboxylic acids is 1. The molecule has 37 heavy (non-hydrogen) atoms. The summed E-state index contributed by atoms with van der Waals surface area (Å²) in [5, 5.41) is 12.6. The standard InChI is InChI=1S/C28H27N3O6/c1-35-25-15-21-23(16-26(25)36-14-12-22(29)28(33)34)30-13-11-24(21)37-20-9-7-18(8-10-20)17-31-27(32)19-5-3-2-4-6-19/h2-11,13,15-16,22H,12,14,17,29H2,1H3,(H,31,32)(H,33,34)/t22-/m0/s1. The molecule has 4 aromatic rings. The quantitative estimate of drug-likeness (QED) is 0.279. The van der Waals surface area contributed by atoms with E-state index in [2.05, 4.69) is 10.3 Å². The second-order valence-corrected chi connectivity index (χ2v) is 8.21. The Balaban J connectivity index is 1.44. The summed E-state index contributed by atoms with van der Waals surface area (Å²) >= 11 is 0. The number of benzene rings is 3. The molecule has 4 N–H and O–H groups in total. The lowest BCUT2D eigenvalue weighted by Crippen LogP contribution is -2.31. The number of amides is 1. The van der Waals surface area contributed by atoms with Gasteiger partial charge in [0.2, 0.25) is 0 Å². The minimum atomic E-state index is -1.08. The number of hydrogen-bond donors (Lipinski definition) is 3. The number of fused-ring (bicyclic) bond motifs is 1. The van der Waals surface area contributed by atoms with Crippen molar-refractivity contribution < 1.29 is 28.9 Å². The van der Waals surface area contributed by atoms with Crippen molar-refractivity contribution in [2.45, 2.75) is 19.0 Å². The molecule has 9 heteroatoms. The molecule has 0 aliphatic carbocycles. The number of carboxylic acid groups (broad SMARTS) is 1. The van der Waals surface area contributed by atoms with Crippen LogP contribution in [0.3, 0.4) is 0 Å². The number of methoxy groups -OCH3 is 1. The molecule has 0 aliphatic rings. The fourth-order valence-electron chi connectivity index (χ4n) is 3.59. The summed E-state index contributed by atoms with van der Waals surface area (Å²) in [4.78, 5) is 27.6. The van der Waals surface area contributed by atoms with Crippen LogP contribution >= 0.6 is 0 Å². The maximum absolute atomic E-state index is 12.3. The number of hydrogen-bond acceptors (Lipinski definition) is 7. The largest absolute Gasteiger partial charge is 0.493 e. The normalized spacial score (nSPS) is 11.5. The molecule has 9 nitrogen and oxygen atoms in total. The molecular formula is C28H27N3O6. The van der Waals surface area contributed by atoms with Gasteiger partial charge in [-0.2, -0.15) is 0 Å². The van der Waals surface area contributed by atoms with Gasteiger partial charge in [0, 0.05) is 36.2 Å². The molecule has 190 valence electrons. The number of ether oxygens (including phenoxy) is 3. The van der Waals surface area contributed by atoms with E-state index in [-0.39, 0.29) is 18.9 Å². The van der Waals surface area contributed by atoms with Gasteiger partial charge in [0.15, 0.2) is 11.5 Å². The smallest absolute Gasteiger partial charge is 0.320 e. The first-order chi connectivity index (χ1) is 17.9. The third-order valence-electron chi connectivity index (χ3n) is 5.63. The van der Waals surface area contributed by atoms with Crippen LogP contribution in [0.15, 0.2) is 79.0 Å². The minimum Gasteiger partial charge on any atom is -0.493 e. The van der Waals surface area contributed by atoms with E-state index < -0.39 is 12.0 Å². The Morgan fingerprint density at radius 1 is 1.00 bits per heavy atom. The lowest BCUT2D eigenvalue weighted by atomic mass is 10.1. The molecule has 0 aliphatic heterocycles. The predicted molar refractivity (Wildman–Crippen MR) is 138 cm³/mol. The van der Waals surface area contributed by atoms with E-state index in [0.29, 0.717) is 46.0 Å². The van der Waals surface area contributed by atoms with E-state index in [0.717, 1.165) is 5.56 Å². The summed E-state index contributed by atoms with van der Waals surface area (Å²) < 4.78 is 17.3. The van der Waals surface area contributed by atoms with Gasteiger partial charge < -0.3 is 30.4 Å². The van der Waals surface area contributed by atoms with E-state index in [1.54, 1.807) is 36.5 Å². The average molecular weight is 502 g/mol. The summed E-state index contributed by atoms with van der Waals surface area (Å²) in [7, 11) is 1.52. The van der Waals surface area contributed by atoms with Crippen molar-refractivity contribution in [2.75, 3.05) is 13.7 Å². The molecule has 0 unspecified atom stereocenters. The molecule has 1 amide bonds. The van der Waals surface area contributed by atoms with Gasteiger partial charge in [-0.25, -0.2) is 0 Å². The third kappa shape index (κ3) is 6.53. The zero-order valence-electron chi connectivity index (χ0n) is 20.2. The number of nitrogens with zero attached hydrogens (tertiary/aromatic N) is 1. The van der Waals surface area contributed by atoms with Crippen molar-refractivity contribution in [2.24, 2.45) is 5.73 Å². The second-order valence-electron chi connectivity index (χ2n) is 8.21. The Labute approximate surface area is 213 Å². The van der Waals surface area contributed by atoms with Crippen molar-refractivity contribution >= 4 is 22.8 Å². The molecule has 4 rings (SSSR count). The highest BCUT2D eigenvalue weighted by atomic mass is 16.5. The number of carbonyl (C=O) groups is 2. The van der Waals surface area contributed by atoms with Crippen LogP contribution in [0.5, 0.6) is 23.0 Å². The number of pyridine rings is 1. The van der Waals surface area contributed by atoms with Crippen LogP contribution in [0.4, 0.5) is 0 Å². The van der Waals surface area contributed by atoms with Gasteiger partial charge in [0.05, 0.1) is 19.2 Å². The SMILES string of the molecule is COc1cc2c(Oc3ccc(CNC(=O)c4ccccc4)cc3)ccnc2cc1OCC[C@H](N)C(=O)O. The molecule has 0 spiro atoms. The molecule has 0 saturated heterocycles. The van der Waals surface area contributed by atoms with Gasteiger partial charge in [-0.3, -0.25) is 14.6 Å². The van der Waals surface area contributed by atoms with Crippen molar-refractivity contribution in [3.8, 4) is 23.0 Å². The zero-order valence-corrected chi connectivity index (χ0v) is 20.2. The average Bonchev–Trinajstić information content (AvgIpc) is 2.92. The van der Waals surface area contributed by atoms with Crippen LogP contribution in [0.2, 0.25) is 0 Å². The maximum atomic E-state index is 12.3. The zero-order chi connectivity index (χ0) is 26.2. The predicted octanol–water partition coefficient (Wildman–Crippen LogP) is 4.15. The number of aromatic nitrogens is 1. The second kappa shape index (κ2) is 11.9. The Kier molecular flexibility index (Phi) is 8.17. The van der Waals surface area contributed by atoms with E-state index in [9.17, 15) is 9.59 Å². The number of carbonyl (C=O) groups excluding carboxylic acids is 1.